The predicted molar refractivity (Wildman–Crippen MR) is 55.5 cm³/mol. The van der Waals surface area contributed by atoms with Crippen LogP contribution in [0.3, 0.4) is 0 Å². The molecule has 1 heterocycles. The van der Waals surface area contributed by atoms with Crippen molar-refractivity contribution in [1.82, 2.24) is 4.98 Å². The predicted octanol–water partition coefficient (Wildman–Crippen LogP) is 2.61. The van der Waals surface area contributed by atoms with Gasteiger partial charge < -0.3 is 4.74 Å². The van der Waals surface area contributed by atoms with Crippen LogP contribution in [-0.4, -0.2) is 17.6 Å². The number of ether oxygens (including phenoxy) is 1. The highest BCUT2D eigenvalue weighted by molar-refractivity contribution is 7.20. The third-order valence-corrected chi connectivity index (χ3v) is 2.82. The van der Waals surface area contributed by atoms with Crippen molar-refractivity contribution in [3.63, 3.8) is 0 Å². The molecule has 0 unspecified atom stereocenters. The Kier molecular flexibility index (Phi) is 2.64. The van der Waals surface area contributed by atoms with Crippen LogP contribution < -0.4 is 0 Å². The summed E-state index contributed by atoms with van der Waals surface area (Å²) in [5, 5.41) is 0.262. The number of carbonyl (C=O) groups is 1. The minimum absolute atomic E-state index is 0.262. The van der Waals surface area contributed by atoms with Crippen LogP contribution in [-0.2, 0) is 4.74 Å². The highest BCUT2D eigenvalue weighted by Crippen LogP contribution is 2.23. The van der Waals surface area contributed by atoms with Crippen LogP contribution in [0, 0.1) is 5.82 Å². The zero-order valence-corrected chi connectivity index (χ0v) is 8.81. The first-order valence-electron chi connectivity index (χ1n) is 4.44. The van der Waals surface area contributed by atoms with Gasteiger partial charge in [-0.1, -0.05) is 0 Å². The fourth-order valence-corrected chi connectivity index (χ4v) is 2.02. The number of halogens is 1. The Hall–Kier alpha value is -1.49. The molecule has 0 atom stereocenters. The van der Waals surface area contributed by atoms with Crippen LogP contribution in [0.4, 0.5) is 4.39 Å². The molecule has 0 saturated carbocycles. The molecule has 1 aromatic heterocycles. The molecule has 5 heteroatoms. The van der Waals surface area contributed by atoms with E-state index in [-0.39, 0.29) is 10.8 Å². The third kappa shape index (κ3) is 1.97. The Balaban J connectivity index is 2.42. The van der Waals surface area contributed by atoms with Gasteiger partial charge in [0.25, 0.3) is 0 Å². The van der Waals surface area contributed by atoms with Crippen LogP contribution in [0.25, 0.3) is 10.2 Å². The molecule has 78 valence electrons. The molecule has 0 aliphatic carbocycles. The molecule has 2 aromatic rings. The Morgan fingerprint density at radius 3 is 3.13 bits per heavy atom. The van der Waals surface area contributed by atoms with Crippen LogP contribution in [0.15, 0.2) is 18.2 Å². The average Bonchev–Trinajstić information content (AvgIpc) is 2.60. The number of fused-ring (bicyclic) bond motifs is 1. The topological polar surface area (TPSA) is 39.2 Å². The molecule has 1 aromatic carbocycles. The summed E-state index contributed by atoms with van der Waals surface area (Å²) >= 11 is 1.20. The number of esters is 1. The van der Waals surface area contributed by atoms with Gasteiger partial charge in [0.15, 0.2) is 0 Å². The Morgan fingerprint density at radius 2 is 2.40 bits per heavy atom. The first-order valence-corrected chi connectivity index (χ1v) is 5.25. The molecular weight excluding hydrogens is 217 g/mol. The highest BCUT2D eigenvalue weighted by atomic mass is 32.1. The number of nitrogens with zero attached hydrogens (tertiary/aromatic N) is 1. The van der Waals surface area contributed by atoms with Crippen molar-refractivity contribution in [2.75, 3.05) is 6.61 Å². The Labute approximate surface area is 89.5 Å². The molecule has 15 heavy (non-hydrogen) atoms. The Morgan fingerprint density at radius 1 is 1.60 bits per heavy atom. The number of rotatable bonds is 2. The second kappa shape index (κ2) is 3.94. The van der Waals surface area contributed by atoms with Crippen molar-refractivity contribution in [3.8, 4) is 0 Å². The van der Waals surface area contributed by atoms with E-state index in [1.54, 1.807) is 13.0 Å². The first-order chi connectivity index (χ1) is 7.20. The van der Waals surface area contributed by atoms with Gasteiger partial charge in [-0.2, -0.15) is 0 Å². The van der Waals surface area contributed by atoms with Gasteiger partial charge in [-0.05, 0) is 19.1 Å². The van der Waals surface area contributed by atoms with Gasteiger partial charge in [0.2, 0.25) is 5.01 Å². The van der Waals surface area contributed by atoms with Crippen molar-refractivity contribution in [2.45, 2.75) is 6.92 Å². The molecule has 0 aliphatic heterocycles. The van der Waals surface area contributed by atoms with Crippen molar-refractivity contribution >= 4 is 27.5 Å². The van der Waals surface area contributed by atoms with Gasteiger partial charge in [0.1, 0.15) is 5.82 Å². The average molecular weight is 225 g/mol. The molecule has 3 nitrogen and oxygen atoms in total. The number of aromatic nitrogens is 1. The van der Waals surface area contributed by atoms with E-state index in [0.29, 0.717) is 12.1 Å². The summed E-state index contributed by atoms with van der Waals surface area (Å²) < 4.78 is 18.4. The SMILES string of the molecule is CCOC(=O)c1nc2cc(F)ccc2s1. The number of carbonyl (C=O) groups excluding carboxylic acids is 1. The lowest BCUT2D eigenvalue weighted by atomic mass is 10.3. The van der Waals surface area contributed by atoms with Crippen molar-refractivity contribution in [1.29, 1.82) is 0 Å². The Bertz CT molecular complexity index is 509. The summed E-state index contributed by atoms with van der Waals surface area (Å²) in [4.78, 5) is 15.3. The summed E-state index contributed by atoms with van der Waals surface area (Å²) in [6.45, 7) is 2.04. The maximum Gasteiger partial charge on any atom is 0.367 e. The van der Waals surface area contributed by atoms with E-state index in [1.165, 1.54) is 23.5 Å². The van der Waals surface area contributed by atoms with E-state index in [1.807, 2.05) is 0 Å². The monoisotopic (exact) mass is 225 g/mol. The summed E-state index contributed by atoms with van der Waals surface area (Å²) in [5.74, 6) is -0.817. The fourth-order valence-electron chi connectivity index (χ4n) is 1.18. The number of hydrogen-bond acceptors (Lipinski definition) is 4. The smallest absolute Gasteiger partial charge is 0.367 e. The van der Waals surface area contributed by atoms with Gasteiger partial charge in [-0.3, -0.25) is 0 Å². The minimum Gasteiger partial charge on any atom is -0.461 e. The van der Waals surface area contributed by atoms with E-state index in [0.717, 1.165) is 4.70 Å². The number of benzene rings is 1. The first kappa shape index (κ1) is 10.0. The van der Waals surface area contributed by atoms with Crippen molar-refractivity contribution < 1.29 is 13.9 Å². The lowest BCUT2D eigenvalue weighted by Crippen LogP contribution is -2.03. The molecule has 0 fully saturated rings. The second-order valence-corrected chi connectivity index (χ2v) is 3.88. The van der Waals surface area contributed by atoms with Crippen LogP contribution >= 0.6 is 11.3 Å². The van der Waals surface area contributed by atoms with Gasteiger partial charge in [-0.15, -0.1) is 11.3 Å². The number of thiazole rings is 1. The van der Waals surface area contributed by atoms with Crippen molar-refractivity contribution in [3.05, 3.63) is 29.0 Å². The number of hydrogen-bond donors (Lipinski definition) is 0. The van der Waals surface area contributed by atoms with Crippen molar-refractivity contribution in [2.24, 2.45) is 0 Å². The van der Waals surface area contributed by atoms with Gasteiger partial charge in [0, 0.05) is 6.07 Å². The second-order valence-electron chi connectivity index (χ2n) is 2.85. The van der Waals surface area contributed by atoms with E-state index in [2.05, 4.69) is 4.98 Å². The molecule has 0 aliphatic rings. The lowest BCUT2D eigenvalue weighted by Gasteiger charge is -1.94. The van der Waals surface area contributed by atoms with Crippen LogP contribution in [0.5, 0.6) is 0 Å². The van der Waals surface area contributed by atoms with Crippen LogP contribution in [0.2, 0.25) is 0 Å². The van der Waals surface area contributed by atoms with Gasteiger partial charge in [-0.25, -0.2) is 14.2 Å². The maximum absolute atomic E-state index is 12.8. The molecule has 0 amide bonds. The zero-order valence-electron chi connectivity index (χ0n) is 7.99. The summed E-state index contributed by atoms with van der Waals surface area (Å²) in [7, 11) is 0. The van der Waals surface area contributed by atoms with E-state index < -0.39 is 5.97 Å². The van der Waals surface area contributed by atoms with Crippen LogP contribution in [0.1, 0.15) is 16.7 Å². The fraction of sp³-hybridized carbons (Fsp3) is 0.200. The molecule has 0 radical (unpaired) electrons. The van der Waals surface area contributed by atoms with E-state index >= 15 is 0 Å². The molecule has 2 rings (SSSR count). The summed E-state index contributed by atoms with van der Waals surface area (Å²) in [6, 6.07) is 4.25. The maximum atomic E-state index is 12.8. The molecule has 0 N–H and O–H groups in total. The summed E-state index contributed by atoms with van der Waals surface area (Å²) in [5.41, 5.74) is 0.489. The zero-order chi connectivity index (χ0) is 10.8. The normalized spacial score (nSPS) is 10.5. The van der Waals surface area contributed by atoms with E-state index in [4.69, 9.17) is 4.74 Å². The largest absolute Gasteiger partial charge is 0.461 e. The summed E-state index contributed by atoms with van der Waals surface area (Å²) in [6.07, 6.45) is 0. The lowest BCUT2D eigenvalue weighted by molar-refractivity contribution is 0.0526. The molecule has 0 spiro atoms. The minimum atomic E-state index is -0.459. The third-order valence-electron chi connectivity index (χ3n) is 1.80. The molecular formula is C10H8FNO2S. The standard InChI is InChI=1S/C10H8FNO2S/c1-2-14-10(13)9-12-7-5-6(11)3-4-8(7)15-9/h3-5H,2H2,1H3. The van der Waals surface area contributed by atoms with Gasteiger partial charge >= 0.3 is 5.97 Å². The molecule has 0 saturated heterocycles. The van der Waals surface area contributed by atoms with Gasteiger partial charge in [0.05, 0.1) is 16.8 Å². The van der Waals surface area contributed by atoms with E-state index in [9.17, 15) is 9.18 Å². The molecule has 0 bridgehead atoms. The highest BCUT2D eigenvalue weighted by Gasteiger charge is 2.13. The quantitative estimate of drug-likeness (QED) is 0.737.